The molecule has 1 aromatic heterocycles. The minimum absolute atomic E-state index is 0.141. The summed E-state index contributed by atoms with van der Waals surface area (Å²) in [5, 5.41) is 6.44. The lowest BCUT2D eigenvalue weighted by molar-refractivity contribution is -0.118. The van der Waals surface area contributed by atoms with Gasteiger partial charge in [-0.2, -0.15) is 0 Å². The van der Waals surface area contributed by atoms with Crippen molar-refractivity contribution in [2.24, 2.45) is 0 Å². The Morgan fingerprint density at radius 1 is 1.30 bits per heavy atom. The number of aromatic nitrogens is 1. The number of nitrogens with zero attached hydrogens (tertiary/aromatic N) is 1. The highest BCUT2D eigenvalue weighted by atomic mass is 35.5. The molecule has 0 aliphatic carbocycles. The average molecular weight is 288 g/mol. The van der Waals surface area contributed by atoms with Crippen LogP contribution in [0.25, 0.3) is 0 Å². The summed E-state index contributed by atoms with van der Waals surface area (Å²) in [6.07, 6.45) is 2.54. The lowest BCUT2D eigenvalue weighted by Crippen LogP contribution is -2.38. The van der Waals surface area contributed by atoms with Gasteiger partial charge in [0.05, 0.1) is 5.02 Å². The Labute approximate surface area is 122 Å². The zero-order valence-electron chi connectivity index (χ0n) is 10.8. The van der Waals surface area contributed by atoms with Crippen LogP contribution >= 0.6 is 11.6 Å². The number of pyridine rings is 1. The van der Waals surface area contributed by atoms with Gasteiger partial charge in [-0.15, -0.1) is 0 Å². The van der Waals surface area contributed by atoms with Gasteiger partial charge >= 0.3 is 0 Å². The lowest BCUT2D eigenvalue weighted by Gasteiger charge is -2.25. The van der Waals surface area contributed by atoms with Crippen LogP contribution in [0.2, 0.25) is 5.02 Å². The van der Waals surface area contributed by atoms with E-state index in [1.54, 1.807) is 18.3 Å². The third kappa shape index (κ3) is 2.53. The van der Waals surface area contributed by atoms with Crippen LogP contribution in [0.4, 0.5) is 5.82 Å². The number of nitrogens with one attached hydrogen (secondary N) is 2. The van der Waals surface area contributed by atoms with E-state index in [9.17, 15) is 4.79 Å². The van der Waals surface area contributed by atoms with E-state index in [0.717, 1.165) is 18.5 Å². The molecular formula is C15H14ClN3O. The number of hydrogen-bond donors (Lipinski definition) is 2. The molecule has 1 aliphatic rings. The summed E-state index contributed by atoms with van der Waals surface area (Å²) in [6.45, 7) is 0.783. The van der Waals surface area contributed by atoms with E-state index in [2.05, 4.69) is 21.7 Å². The van der Waals surface area contributed by atoms with Crippen LogP contribution in [0.3, 0.4) is 0 Å². The van der Waals surface area contributed by atoms with Gasteiger partial charge in [0.25, 0.3) is 0 Å². The molecule has 3 rings (SSSR count). The van der Waals surface area contributed by atoms with Crippen LogP contribution in [0.1, 0.15) is 17.2 Å². The summed E-state index contributed by atoms with van der Waals surface area (Å²) in [7, 11) is 0. The highest BCUT2D eigenvalue weighted by Crippen LogP contribution is 2.25. The van der Waals surface area contributed by atoms with E-state index >= 15 is 0 Å². The van der Waals surface area contributed by atoms with Crippen LogP contribution in [0.15, 0.2) is 42.6 Å². The number of rotatable bonds is 2. The van der Waals surface area contributed by atoms with Gasteiger partial charge in [0, 0.05) is 12.7 Å². The Morgan fingerprint density at radius 3 is 3.00 bits per heavy atom. The summed E-state index contributed by atoms with van der Waals surface area (Å²) >= 11 is 6.01. The molecule has 0 radical (unpaired) electrons. The number of carbonyl (C=O) groups is 1. The second-order valence-electron chi connectivity index (χ2n) is 4.66. The second-order valence-corrected chi connectivity index (χ2v) is 5.07. The Morgan fingerprint density at radius 2 is 2.15 bits per heavy atom. The second kappa shape index (κ2) is 5.61. The summed E-state index contributed by atoms with van der Waals surface area (Å²) in [4.78, 5) is 16.5. The van der Waals surface area contributed by atoms with E-state index in [1.807, 2.05) is 18.2 Å². The Balaban J connectivity index is 1.84. The van der Waals surface area contributed by atoms with E-state index < -0.39 is 0 Å². The van der Waals surface area contributed by atoms with Crippen LogP contribution < -0.4 is 10.6 Å². The number of halogens is 1. The fourth-order valence-corrected chi connectivity index (χ4v) is 2.57. The Bertz CT molecular complexity index is 645. The van der Waals surface area contributed by atoms with E-state index in [-0.39, 0.29) is 11.9 Å². The summed E-state index contributed by atoms with van der Waals surface area (Å²) in [5.74, 6) is 0.252. The van der Waals surface area contributed by atoms with Gasteiger partial charge in [-0.05, 0) is 29.7 Å². The Hall–Kier alpha value is -1.91. The van der Waals surface area contributed by atoms with Crippen molar-refractivity contribution in [2.75, 3.05) is 11.9 Å². The first-order chi connectivity index (χ1) is 9.75. The highest BCUT2D eigenvalue weighted by molar-refractivity contribution is 6.33. The number of benzene rings is 1. The first-order valence-corrected chi connectivity index (χ1v) is 6.86. The molecule has 1 amide bonds. The normalized spacial score (nSPS) is 17.4. The largest absolute Gasteiger partial charge is 0.308 e. The minimum Gasteiger partial charge on any atom is -0.308 e. The summed E-state index contributed by atoms with van der Waals surface area (Å²) in [6, 6.07) is 11.0. The number of amides is 1. The molecule has 20 heavy (non-hydrogen) atoms. The van der Waals surface area contributed by atoms with Crippen molar-refractivity contribution in [3.8, 4) is 0 Å². The van der Waals surface area contributed by atoms with Gasteiger partial charge in [-0.1, -0.05) is 35.9 Å². The fourth-order valence-electron chi connectivity index (χ4n) is 2.41. The maximum Gasteiger partial charge on any atom is 0.247 e. The van der Waals surface area contributed by atoms with Gasteiger partial charge in [0.15, 0.2) is 5.82 Å². The molecule has 2 aromatic rings. The van der Waals surface area contributed by atoms with E-state index in [1.165, 1.54) is 5.56 Å². The third-order valence-corrected chi connectivity index (χ3v) is 3.68. The Kier molecular flexibility index (Phi) is 3.67. The first-order valence-electron chi connectivity index (χ1n) is 6.48. The fraction of sp³-hybridized carbons (Fsp3) is 0.200. The van der Waals surface area contributed by atoms with Crippen molar-refractivity contribution in [3.63, 3.8) is 0 Å². The summed E-state index contributed by atoms with van der Waals surface area (Å²) < 4.78 is 0. The molecule has 1 aromatic carbocycles. The standard InChI is InChI=1S/C15H14ClN3O/c16-12-6-3-8-18-14(12)19-15(20)13-11-5-2-1-4-10(11)7-9-17-13/h1-6,8,13,17H,7,9H2,(H,18,19,20). The third-order valence-electron chi connectivity index (χ3n) is 3.37. The van der Waals surface area contributed by atoms with Crippen molar-refractivity contribution >= 4 is 23.3 Å². The first kappa shape index (κ1) is 13.1. The lowest BCUT2D eigenvalue weighted by atomic mass is 9.94. The highest BCUT2D eigenvalue weighted by Gasteiger charge is 2.26. The topological polar surface area (TPSA) is 54.0 Å². The molecule has 0 saturated heterocycles. The van der Waals surface area contributed by atoms with Crippen molar-refractivity contribution in [1.29, 1.82) is 0 Å². The molecule has 1 unspecified atom stereocenters. The maximum absolute atomic E-state index is 12.4. The minimum atomic E-state index is -0.363. The molecule has 0 saturated carbocycles. The maximum atomic E-state index is 12.4. The van der Waals surface area contributed by atoms with Crippen molar-refractivity contribution in [1.82, 2.24) is 10.3 Å². The molecule has 4 nitrogen and oxygen atoms in total. The van der Waals surface area contributed by atoms with E-state index in [4.69, 9.17) is 11.6 Å². The number of fused-ring (bicyclic) bond motifs is 1. The van der Waals surface area contributed by atoms with Crippen molar-refractivity contribution in [3.05, 3.63) is 58.7 Å². The monoisotopic (exact) mass is 287 g/mol. The molecule has 1 atom stereocenters. The number of anilines is 1. The molecule has 102 valence electrons. The van der Waals surface area contributed by atoms with Crippen LogP contribution in [0, 0.1) is 0 Å². The predicted octanol–water partition coefficient (Wildman–Crippen LogP) is 2.56. The van der Waals surface area contributed by atoms with Crippen molar-refractivity contribution in [2.45, 2.75) is 12.5 Å². The molecule has 0 spiro atoms. The molecular weight excluding hydrogens is 274 g/mol. The van der Waals surface area contributed by atoms with Crippen LogP contribution in [0.5, 0.6) is 0 Å². The zero-order valence-corrected chi connectivity index (χ0v) is 11.5. The van der Waals surface area contributed by atoms with Gasteiger partial charge in [0.1, 0.15) is 6.04 Å². The number of hydrogen-bond acceptors (Lipinski definition) is 3. The molecule has 2 heterocycles. The van der Waals surface area contributed by atoms with E-state index in [0.29, 0.717) is 10.8 Å². The quantitative estimate of drug-likeness (QED) is 0.892. The number of carbonyl (C=O) groups excluding carboxylic acids is 1. The zero-order chi connectivity index (χ0) is 13.9. The van der Waals surface area contributed by atoms with Crippen LogP contribution in [-0.4, -0.2) is 17.4 Å². The smallest absolute Gasteiger partial charge is 0.247 e. The molecule has 0 bridgehead atoms. The van der Waals surface area contributed by atoms with Gasteiger partial charge < -0.3 is 10.6 Å². The van der Waals surface area contributed by atoms with Gasteiger partial charge in [0.2, 0.25) is 5.91 Å². The molecule has 2 N–H and O–H groups in total. The van der Waals surface area contributed by atoms with Crippen molar-refractivity contribution < 1.29 is 4.79 Å². The van der Waals surface area contributed by atoms with Gasteiger partial charge in [-0.3, -0.25) is 4.79 Å². The average Bonchev–Trinajstić information content (AvgIpc) is 2.49. The SMILES string of the molecule is O=C(Nc1ncccc1Cl)C1NCCc2ccccc21. The molecule has 5 heteroatoms. The predicted molar refractivity (Wildman–Crippen MR) is 78.8 cm³/mol. The van der Waals surface area contributed by atoms with Crippen LogP contribution in [-0.2, 0) is 11.2 Å². The molecule has 1 aliphatic heterocycles. The molecule has 0 fully saturated rings. The van der Waals surface area contributed by atoms with Gasteiger partial charge in [-0.25, -0.2) is 4.98 Å². The summed E-state index contributed by atoms with van der Waals surface area (Å²) in [5.41, 5.74) is 2.22.